The molecule has 1 amide bonds. The van der Waals surface area contributed by atoms with Gasteiger partial charge in [-0.1, -0.05) is 19.1 Å². The quantitative estimate of drug-likeness (QED) is 0.677. The number of thiophene rings is 1. The average molecular weight is 397 g/mol. The van der Waals surface area contributed by atoms with Crippen molar-refractivity contribution in [3.63, 3.8) is 0 Å². The molecule has 1 saturated heterocycles. The Morgan fingerprint density at radius 1 is 1.21 bits per heavy atom. The van der Waals surface area contributed by atoms with Gasteiger partial charge in [0.1, 0.15) is 0 Å². The molecule has 3 heterocycles. The molecule has 0 saturated carbocycles. The van der Waals surface area contributed by atoms with E-state index in [0.717, 1.165) is 43.6 Å². The normalized spacial score (nSPS) is 15.6. The van der Waals surface area contributed by atoms with Gasteiger partial charge in [-0.15, -0.1) is 10.2 Å². The fourth-order valence-electron chi connectivity index (χ4n) is 3.47. The molecular weight excluding hydrogens is 372 g/mol. The number of carbonyl (C=O) groups excluding carboxylic acids is 1. The van der Waals surface area contributed by atoms with Crippen molar-refractivity contribution in [1.29, 1.82) is 0 Å². The molecule has 1 aliphatic rings. The van der Waals surface area contributed by atoms with Crippen LogP contribution < -0.4 is 5.32 Å². The number of hydrogen-bond donors (Lipinski definition) is 1. The van der Waals surface area contributed by atoms with E-state index in [9.17, 15) is 4.79 Å². The first-order chi connectivity index (χ1) is 13.7. The molecule has 6 nitrogen and oxygen atoms in total. The van der Waals surface area contributed by atoms with E-state index >= 15 is 0 Å². The van der Waals surface area contributed by atoms with Crippen LogP contribution in [-0.2, 0) is 11.2 Å². The fraction of sp³-hybridized carbons (Fsp3) is 0.381. The van der Waals surface area contributed by atoms with Crippen molar-refractivity contribution >= 4 is 22.9 Å². The molecule has 0 aliphatic carbocycles. The molecule has 2 aromatic heterocycles. The molecule has 0 bridgehead atoms. The van der Waals surface area contributed by atoms with Gasteiger partial charge in [0, 0.05) is 22.5 Å². The first-order valence-corrected chi connectivity index (χ1v) is 10.6. The highest BCUT2D eigenvalue weighted by molar-refractivity contribution is 7.08. The molecule has 1 fully saturated rings. The minimum atomic E-state index is 0.0280. The number of anilines is 1. The highest BCUT2D eigenvalue weighted by Gasteiger charge is 2.26. The number of nitrogens with zero attached hydrogens (tertiary/aromatic N) is 3. The Morgan fingerprint density at radius 3 is 2.68 bits per heavy atom. The van der Waals surface area contributed by atoms with Crippen LogP contribution in [0.15, 0.2) is 45.5 Å². The lowest BCUT2D eigenvalue weighted by Crippen LogP contribution is -2.38. The minimum Gasteiger partial charge on any atom is -0.420 e. The van der Waals surface area contributed by atoms with Crippen molar-refractivity contribution < 1.29 is 9.21 Å². The summed E-state index contributed by atoms with van der Waals surface area (Å²) in [5, 5.41) is 15.4. The molecule has 3 aromatic rings. The lowest BCUT2D eigenvalue weighted by atomic mass is 9.97. The molecule has 1 aromatic carbocycles. The SMILES string of the molecule is CCc1ccc(NC(=O)CN2CCC(c3nnc(-c4ccsc4)o3)CC2)cc1. The summed E-state index contributed by atoms with van der Waals surface area (Å²) in [6.07, 6.45) is 2.84. The molecule has 0 unspecified atom stereocenters. The number of amides is 1. The average Bonchev–Trinajstić information content (AvgIpc) is 3.41. The molecule has 4 rings (SSSR count). The maximum atomic E-state index is 12.3. The summed E-state index contributed by atoms with van der Waals surface area (Å²) in [5.41, 5.74) is 3.09. The van der Waals surface area contributed by atoms with E-state index in [1.165, 1.54) is 5.56 Å². The largest absolute Gasteiger partial charge is 0.420 e. The zero-order valence-corrected chi connectivity index (χ0v) is 16.7. The predicted molar refractivity (Wildman–Crippen MR) is 110 cm³/mol. The van der Waals surface area contributed by atoms with Gasteiger partial charge in [0.2, 0.25) is 17.7 Å². The number of hydrogen-bond acceptors (Lipinski definition) is 6. The number of aryl methyl sites for hydroxylation is 1. The summed E-state index contributed by atoms with van der Waals surface area (Å²) < 4.78 is 5.87. The molecule has 0 spiro atoms. The summed E-state index contributed by atoms with van der Waals surface area (Å²) in [5.74, 6) is 1.59. The number of benzene rings is 1. The number of nitrogens with one attached hydrogen (secondary N) is 1. The van der Waals surface area contributed by atoms with Crippen LogP contribution in [0.2, 0.25) is 0 Å². The van der Waals surface area contributed by atoms with E-state index < -0.39 is 0 Å². The first kappa shape index (κ1) is 18.8. The van der Waals surface area contributed by atoms with E-state index in [1.807, 2.05) is 29.0 Å². The van der Waals surface area contributed by atoms with Gasteiger partial charge in [0.05, 0.1) is 6.54 Å². The Hall–Kier alpha value is -2.51. The molecule has 28 heavy (non-hydrogen) atoms. The van der Waals surface area contributed by atoms with E-state index in [-0.39, 0.29) is 11.8 Å². The van der Waals surface area contributed by atoms with Crippen LogP contribution in [0.25, 0.3) is 11.5 Å². The van der Waals surface area contributed by atoms with E-state index in [2.05, 4.69) is 39.5 Å². The topological polar surface area (TPSA) is 71.3 Å². The summed E-state index contributed by atoms with van der Waals surface area (Å²) in [6, 6.07) is 10.0. The lowest BCUT2D eigenvalue weighted by molar-refractivity contribution is -0.117. The van der Waals surface area contributed by atoms with Crippen LogP contribution in [0.3, 0.4) is 0 Å². The second-order valence-electron chi connectivity index (χ2n) is 7.11. The standard InChI is InChI=1S/C21H24N4O2S/c1-2-15-3-5-18(6-4-15)22-19(26)13-25-10-7-16(8-11-25)20-23-24-21(27-20)17-9-12-28-14-17/h3-6,9,12,14,16H,2,7-8,10-11,13H2,1H3,(H,22,26). The minimum absolute atomic E-state index is 0.0280. The van der Waals surface area contributed by atoms with Crippen molar-refractivity contribution in [1.82, 2.24) is 15.1 Å². The van der Waals surface area contributed by atoms with Gasteiger partial charge >= 0.3 is 0 Å². The first-order valence-electron chi connectivity index (χ1n) is 9.68. The molecular formula is C21H24N4O2S. The number of carbonyl (C=O) groups is 1. The van der Waals surface area contributed by atoms with Crippen LogP contribution in [0, 0.1) is 0 Å². The highest BCUT2D eigenvalue weighted by Crippen LogP contribution is 2.29. The molecule has 1 N–H and O–H groups in total. The van der Waals surface area contributed by atoms with Crippen LogP contribution >= 0.6 is 11.3 Å². The number of aromatic nitrogens is 2. The Kier molecular flexibility index (Phi) is 5.83. The van der Waals surface area contributed by atoms with Crippen molar-refractivity contribution in [3.05, 3.63) is 52.5 Å². The van der Waals surface area contributed by atoms with E-state index in [4.69, 9.17) is 4.42 Å². The van der Waals surface area contributed by atoms with Gasteiger partial charge < -0.3 is 9.73 Å². The van der Waals surface area contributed by atoms with Crippen molar-refractivity contribution in [2.45, 2.75) is 32.1 Å². The molecule has 7 heteroatoms. The third kappa shape index (κ3) is 4.48. The lowest BCUT2D eigenvalue weighted by Gasteiger charge is -2.29. The number of rotatable bonds is 6. The van der Waals surface area contributed by atoms with Gasteiger partial charge in [-0.3, -0.25) is 9.69 Å². The predicted octanol–water partition coefficient (Wildman–Crippen LogP) is 4.18. The van der Waals surface area contributed by atoms with Crippen molar-refractivity contribution in [3.8, 4) is 11.5 Å². The number of piperidine rings is 1. The summed E-state index contributed by atoms with van der Waals surface area (Å²) in [7, 11) is 0. The Labute approximate surface area is 168 Å². The monoisotopic (exact) mass is 396 g/mol. The van der Waals surface area contributed by atoms with Gasteiger partial charge in [-0.25, -0.2) is 0 Å². The Balaban J connectivity index is 1.26. The second-order valence-corrected chi connectivity index (χ2v) is 7.89. The van der Waals surface area contributed by atoms with Crippen molar-refractivity contribution in [2.75, 3.05) is 25.0 Å². The zero-order valence-electron chi connectivity index (χ0n) is 15.9. The smallest absolute Gasteiger partial charge is 0.248 e. The molecule has 0 radical (unpaired) electrons. The van der Waals surface area contributed by atoms with E-state index in [1.54, 1.807) is 11.3 Å². The van der Waals surface area contributed by atoms with Gasteiger partial charge in [0.25, 0.3) is 0 Å². The second kappa shape index (κ2) is 8.67. The summed E-state index contributed by atoms with van der Waals surface area (Å²) in [6.45, 7) is 4.23. The van der Waals surface area contributed by atoms with Crippen LogP contribution in [0.1, 0.15) is 37.1 Å². The maximum absolute atomic E-state index is 12.3. The van der Waals surface area contributed by atoms with E-state index in [0.29, 0.717) is 18.3 Å². The fourth-order valence-corrected chi connectivity index (χ4v) is 4.10. The number of likely N-dealkylation sites (tertiary alicyclic amines) is 1. The molecule has 1 aliphatic heterocycles. The summed E-state index contributed by atoms with van der Waals surface area (Å²) >= 11 is 1.62. The Bertz CT molecular complexity index is 897. The molecule has 0 atom stereocenters. The van der Waals surface area contributed by atoms with Crippen LogP contribution in [0.4, 0.5) is 5.69 Å². The molecule has 146 valence electrons. The van der Waals surface area contributed by atoms with Crippen LogP contribution in [0.5, 0.6) is 0 Å². The summed E-state index contributed by atoms with van der Waals surface area (Å²) in [4.78, 5) is 14.5. The third-order valence-corrected chi connectivity index (χ3v) is 5.84. The van der Waals surface area contributed by atoms with Gasteiger partial charge in [-0.2, -0.15) is 11.3 Å². The Morgan fingerprint density at radius 2 is 2.00 bits per heavy atom. The highest BCUT2D eigenvalue weighted by atomic mass is 32.1. The van der Waals surface area contributed by atoms with Gasteiger partial charge in [-0.05, 0) is 61.5 Å². The van der Waals surface area contributed by atoms with Gasteiger partial charge in [0.15, 0.2) is 0 Å². The maximum Gasteiger partial charge on any atom is 0.248 e. The zero-order chi connectivity index (χ0) is 19.3. The third-order valence-electron chi connectivity index (χ3n) is 5.16. The van der Waals surface area contributed by atoms with Crippen molar-refractivity contribution in [2.24, 2.45) is 0 Å². The van der Waals surface area contributed by atoms with Crippen LogP contribution in [-0.4, -0.2) is 40.6 Å².